The maximum absolute atomic E-state index is 5.46. The van der Waals surface area contributed by atoms with Gasteiger partial charge in [-0.1, -0.05) is 19.1 Å². The molecule has 0 atom stereocenters. The van der Waals surface area contributed by atoms with Gasteiger partial charge in [0.25, 0.3) is 0 Å². The Morgan fingerprint density at radius 1 is 1.37 bits per heavy atom. The molecule has 0 radical (unpaired) electrons. The van der Waals surface area contributed by atoms with Crippen LogP contribution in [-0.2, 0) is 11.2 Å². The normalized spacial score (nSPS) is 11.4. The fraction of sp³-hybridized carbons (Fsp3) is 0.500. The number of anilines is 1. The number of guanidine groups is 1. The van der Waals surface area contributed by atoms with E-state index in [4.69, 9.17) is 10.6 Å². The molecule has 0 fully saturated rings. The first-order chi connectivity index (χ1) is 9.30. The number of hydrazine groups is 1. The summed E-state index contributed by atoms with van der Waals surface area (Å²) in [5.41, 5.74) is 4.84. The van der Waals surface area contributed by atoms with Gasteiger partial charge in [0.1, 0.15) is 0 Å². The Morgan fingerprint density at radius 2 is 2.21 bits per heavy atom. The largest absolute Gasteiger partial charge is 0.382 e. The third-order valence-electron chi connectivity index (χ3n) is 2.66. The molecule has 5 nitrogen and oxygen atoms in total. The summed E-state index contributed by atoms with van der Waals surface area (Å²) in [6, 6.07) is 8.20. The van der Waals surface area contributed by atoms with Crippen LogP contribution in [0.1, 0.15) is 25.8 Å². The number of hydrogen-bond acceptors (Lipinski definition) is 3. The molecule has 0 amide bonds. The van der Waals surface area contributed by atoms with E-state index in [0.717, 1.165) is 31.7 Å². The van der Waals surface area contributed by atoms with Crippen LogP contribution in [0.25, 0.3) is 0 Å². The number of hydrogen-bond donors (Lipinski definition) is 3. The van der Waals surface area contributed by atoms with Crippen molar-refractivity contribution in [2.75, 3.05) is 25.1 Å². The first-order valence-corrected chi connectivity index (χ1v) is 6.74. The number of ether oxygens (including phenoxy) is 1. The molecule has 0 unspecified atom stereocenters. The number of nitrogens with two attached hydrogens (primary N) is 1. The van der Waals surface area contributed by atoms with E-state index in [9.17, 15) is 0 Å². The Kier molecular flexibility index (Phi) is 7.62. The van der Waals surface area contributed by atoms with E-state index < -0.39 is 0 Å². The van der Waals surface area contributed by atoms with Gasteiger partial charge in [0, 0.05) is 25.4 Å². The van der Waals surface area contributed by atoms with Crippen LogP contribution >= 0.6 is 0 Å². The molecule has 0 aliphatic heterocycles. The average Bonchev–Trinajstić information content (AvgIpc) is 2.46. The van der Waals surface area contributed by atoms with Crippen LogP contribution in [-0.4, -0.2) is 25.7 Å². The second-order valence-electron chi connectivity index (χ2n) is 4.10. The van der Waals surface area contributed by atoms with Crippen molar-refractivity contribution in [3.05, 3.63) is 29.8 Å². The molecule has 0 spiro atoms. The first-order valence-electron chi connectivity index (χ1n) is 6.74. The van der Waals surface area contributed by atoms with Crippen LogP contribution in [0.15, 0.2) is 29.3 Å². The summed E-state index contributed by atoms with van der Waals surface area (Å²) in [6.07, 6.45) is 1.89. The van der Waals surface area contributed by atoms with Gasteiger partial charge in [0.2, 0.25) is 5.96 Å². The minimum atomic E-state index is 0.574. The summed E-state index contributed by atoms with van der Waals surface area (Å²) in [5.74, 6) is 6.03. The monoisotopic (exact) mass is 264 g/mol. The zero-order valence-corrected chi connectivity index (χ0v) is 11.8. The molecule has 19 heavy (non-hydrogen) atoms. The van der Waals surface area contributed by atoms with Gasteiger partial charge in [0.15, 0.2) is 0 Å². The highest BCUT2D eigenvalue weighted by Gasteiger charge is 1.98. The molecule has 0 saturated heterocycles. The van der Waals surface area contributed by atoms with Gasteiger partial charge in [-0.05, 0) is 37.5 Å². The lowest BCUT2D eigenvalue weighted by atomic mass is 10.1. The van der Waals surface area contributed by atoms with Crippen LogP contribution in [0.4, 0.5) is 5.69 Å². The Morgan fingerprint density at radius 3 is 2.89 bits per heavy atom. The Bertz CT molecular complexity index is 393. The number of nitrogens with one attached hydrogen (secondary N) is 2. The lowest BCUT2D eigenvalue weighted by molar-refractivity contribution is 0.146. The summed E-state index contributed by atoms with van der Waals surface area (Å²) in [6.45, 7) is 6.26. The molecule has 5 heteroatoms. The highest BCUT2D eigenvalue weighted by Crippen LogP contribution is 2.10. The predicted molar refractivity (Wildman–Crippen MR) is 80.2 cm³/mol. The molecule has 1 rings (SSSR count). The standard InChI is InChI=1S/C14H24N4O/c1-3-12-7-5-8-13(11-12)17-14(18-15)16-9-6-10-19-4-2/h5,7-8,11H,3-4,6,9-10,15H2,1-2H3,(H2,16,17,18). The van der Waals surface area contributed by atoms with Crippen molar-refractivity contribution < 1.29 is 4.74 Å². The van der Waals surface area contributed by atoms with Crippen molar-refractivity contribution in [3.8, 4) is 0 Å². The molecule has 1 aromatic carbocycles. The maximum atomic E-state index is 5.46. The molecule has 0 saturated carbocycles. The van der Waals surface area contributed by atoms with E-state index in [2.05, 4.69) is 34.8 Å². The van der Waals surface area contributed by atoms with Crippen molar-refractivity contribution in [1.82, 2.24) is 5.43 Å². The molecule has 106 valence electrons. The van der Waals surface area contributed by atoms with Crippen LogP contribution < -0.4 is 16.6 Å². The minimum Gasteiger partial charge on any atom is -0.382 e. The van der Waals surface area contributed by atoms with Gasteiger partial charge < -0.3 is 10.1 Å². The molecule has 0 aromatic heterocycles. The molecule has 4 N–H and O–H groups in total. The second kappa shape index (κ2) is 9.35. The van der Waals surface area contributed by atoms with Gasteiger partial charge in [-0.2, -0.15) is 0 Å². The highest BCUT2D eigenvalue weighted by molar-refractivity contribution is 5.93. The van der Waals surface area contributed by atoms with E-state index in [1.54, 1.807) is 0 Å². The fourth-order valence-corrected chi connectivity index (χ4v) is 1.63. The topological polar surface area (TPSA) is 71.7 Å². The lowest BCUT2D eigenvalue weighted by Crippen LogP contribution is -2.36. The first kappa shape index (κ1) is 15.5. The lowest BCUT2D eigenvalue weighted by Gasteiger charge is -2.10. The third-order valence-corrected chi connectivity index (χ3v) is 2.66. The summed E-state index contributed by atoms with van der Waals surface area (Å²) >= 11 is 0. The van der Waals surface area contributed by atoms with Gasteiger partial charge in [-0.15, -0.1) is 0 Å². The summed E-state index contributed by atoms with van der Waals surface area (Å²) in [4.78, 5) is 4.35. The number of nitrogens with zero attached hydrogens (tertiary/aromatic N) is 1. The van der Waals surface area contributed by atoms with Gasteiger partial charge in [-0.3, -0.25) is 10.4 Å². The summed E-state index contributed by atoms with van der Waals surface area (Å²) < 4.78 is 5.26. The zero-order valence-electron chi connectivity index (χ0n) is 11.8. The molecule has 0 aliphatic carbocycles. The van der Waals surface area contributed by atoms with Gasteiger partial charge in [0.05, 0.1) is 0 Å². The molecule has 0 bridgehead atoms. The number of aliphatic imine (C=N–C) groups is 1. The van der Waals surface area contributed by atoms with Crippen molar-refractivity contribution in [2.24, 2.45) is 10.8 Å². The van der Waals surface area contributed by atoms with E-state index in [-0.39, 0.29) is 0 Å². The van der Waals surface area contributed by atoms with Crippen molar-refractivity contribution in [3.63, 3.8) is 0 Å². The molecule has 0 aliphatic rings. The average molecular weight is 264 g/mol. The van der Waals surface area contributed by atoms with E-state index in [1.807, 2.05) is 19.1 Å². The van der Waals surface area contributed by atoms with Gasteiger partial charge >= 0.3 is 0 Å². The molecule has 1 aromatic rings. The minimum absolute atomic E-state index is 0.574. The Hall–Kier alpha value is -1.59. The van der Waals surface area contributed by atoms with Gasteiger partial charge in [-0.25, -0.2) is 5.84 Å². The highest BCUT2D eigenvalue weighted by atomic mass is 16.5. The van der Waals surface area contributed by atoms with Crippen molar-refractivity contribution in [2.45, 2.75) is 26.7 Å². The molecular formula is C14H24N4O. The molecular weight excluding hydrogens is 240 g/mol. The summed E-state index contributed by atoms with van der Waals surface area (Å²) in [7, 11) is 0. The van der Waals surface area contributed by atoms with E-state index in [0.29, 0.717) is 12.5 Å². The van der Waals surface area contributed by atoms with Crippen LogP contribution in [0.3, 0.4) is 0 Å². The Labute approximate surface area is 115 Å². The maximum Gasteiger partial charge on any atom is 0.210 e. The smallest absolute Gasteiger partial charge is 0.210 e. The summed E-state index contributed by atoms with van der Waals surface area (Å²) in [5, 5.41) is 3.17. The van der Waals surface area contributed by atoms with Crippen molar-refractivity contribution in [1.29, 1.82) is 0 Å². The quantitative estimate of drug-likeness (QED) is 0.231. The third kappa shape index (κ3) is 6.22. The fourth-order valence-electron chi connectivity index (χ4n) is 1.63. The second-order valence-corrected chi connectivity index (χ2v) is 4.10. The number of benzene rings is 1. The van der Waals surface area contributed by atoms with Crippen LogP contribution in [0.5, 0.6) is 0 Å². The SMILES string of the molecule is CCOCCCN=C(NN)Nc1cccc(CC)c1. The van der Waals surface area contributed by atoms with Crippen LogP contribution in [0.2, 0.25) is 0 Å². The van der Waals surface area contributed by atoms with Crippen molar-refractivity contribution >= 4 is 11.6 Å². The predicted octanol–water partition coefficient (Wildman–Crippen LogP) is 1.91. The number of aryl methyl sites for hydroxylation is 1. The zero-order chi connectivity index (χ0) is 13.9. The van der Waals surface area contributed by atoms with Crippen LogP contribution in [0, 0.1) is 0 Å². The van der Waals surface area contributed by atoms with E-state index in [1.165, 1.54) is 5.56 Å². The number of rotatable bonds is 7. The molecule has 0 heterocycles. The van der Waals surface area contributed by atoms with E-state index >= 15 is 0 Å². The Balaban J connectivity index is 2.48.